The van der Waals surface area contributed by atoms with E-state index in [2.05, 4.69) is 9.97 Å². The minimum absolute atomic E-state index is 0.0902. The second-order valence-electron chi connectivity index (χ2n) is 16.2. The van der Waals surface area contributed by atoms with Crippen molar-refractivity contribution in [3.8, 4) is 46.5 Å². The third-order valence-electron chi connectivity index (χ3n) is 12.6. The van der Waals surface area contributed by atoms with Crippen LogP contribution >= 0.6 is 0 Å². The van der Waals surface area contributed by atoms with Crippen molar-refractivity contribution in [1.29, 1.82) is 0 Å². The van der Waals surface area contributed by atoms with E-state index in [1.165, 1.54) is 0 Å². The van der Waals surface area contributed by atoms with Crippen LogP contribution in [-0.2, 0) is 19.1 Å². The van der Waals surface area contributed by atoms with Crippen molar-refractivity contribution in [3.05, 3.63) is 94.1 Å². The lowest BCUT2D eigenvalue weighted by atomic mass is 9.74. The zero-order chi connectivity index (χ0) is 46.5. The molecular weight excluding hydrogens is 849 g/mol. The van der Waals surface area contributed by atoms with E-state index < -0.39 is 24.1 Å². The molecule has 2 fully saturated rings. The predicted octanol–water partition coefficient (Wildman–Crippen LogP) is 7.38. The van der Waals surface area contributed by atoms with Gasteiger partial charge < -0.3 is 47.4 Å². The third-order valence-corrected chi connectivity index (χ3v) is 12.6. The van der Waals surface area contributed by atoms with Crippen LogP contribution in [0.15, 0.2) is 70.7 Å². The highest BCUT2D eigenvalue weighted by Crippen LogP contribution is 2.48. The number of aromatic nitrogens is 2. The second kappa shape index (κ2) is 20.1. The minimum atomic E-state index is -0.623. The summed E-state index contributed by atoms with van der Waals surface area (Å²) in [6.07, 6.45) is 4.97. The van der Waals surface area contributed by atoms with Gasteiger partial charge in [-0.2, -0.15) is 9.97 Å². The number of pyridine rings is 2. The molecule has 4 aliphatic rings. The van der Waals surface area contributed by atoms with Gasteiger partial charge in [0.05, 0.1) is 90.5 Å². The Morgan fingerprint density at radius 1 is 0.530 bits per heavy atom. The average Bonchev–Trinajstić information content (AvgIpc) is 3.34. The topological polar surface area (TPSA) is 177 Å². The summed E-state index contributed by atoms with van der Waals surface area (Å²) in [6, 6.07) is 15.0. The number of methoxy groups -OCH3 is 6. The molecule has 0 bridgehead atoms. The van der Waals surface area contributed by atoms with Gasteiger partial charge in [0.1, 0.15) is 12.2 Å². The van der Waals surface area contributed by atoms with Crippen molar-refractivity contribution in [3.63, 3.8) is 0 Å². The van der Waals surface area contributed by atoms with E-state index in [-0.39, 0.29) is 23.9 Å². The Labute approximate surface area is 384 Å². The summed E-state index contributed by atoms with van der Waals surface area (Å²) < 4.78 is 57.6. The summed E-state index contributed by atoms with van der Waals surface area (Å²) in [4.78, 5) is 46.2. The highest BCUT2D eigenvalue weighted by Gasteiger charge is 2.41. The maximum atomic E-state index is 13.3. The minimum Gasteiger partial charge on any atom is -0.493 e. The fourth-order valence-electron chi connectivity index (χ4n) is 9.64. The molecule has 8 rings (SSSR count). The zero-order valence-electron chi connectivity index (χ0n) is 38.6. The molecule has 4 heterocycles. The molecule has 2 aliphatic heterocycles. The van der Waals surface area contributed by atoms with Crippen molar-refractivity contribution >= 4 is 23.4 Å². The molecule has 4 aromatic rings. The molecule has 16 heteroatoms. The highest BCUT2D eigenvalue weighted by molar-refractivity contribution is 6.17. The van der Waals surface area contributed by atoms with E-state index in [0.717, 1.165) is 45.8 Å². The van der Waals surface area contributed by atoms with Crippen molar-refractivity contribution in [2.75, 3.05) is 55.9 Å². The molecular formula is C50H56N4O12. The number of carbonyl (C=O) groups is 2. The quantitative estimate of drug-likeness (QED) is 0.0804. The number of aliphatic imine (C=N–C) groups is 2. The molecule has 2 aromatic heterocycles. The van der Waals surface area contributed by atoms with Crippen LogP contribution in [0.2, 0.25) is 0 Å². The molecule has 0 radical (unpaired) electrons. The first-order valence-electron chi connectivity index (χ1n) is 22.3. The van der Waals surface area contributed by atoms with Crippen LogP contribution in [-0.4, -0.2) is 113 Å². The average molecular weight is 905 g/mol. The van der Waals surface area contributed by atoms with Crippen LogP contribution in [0.5, 0.6) is 46.5 Å². The van der Waals surface area contributed by atoms with Crippen LogP contribution in [0.4, 0.5) is 0 Å². The zero-order valence-corrected chi connectivity index (χ0v) is 38.6. The van der Waals surface area contributed by atoms with E-state index >= 15 is 0 Å². The maximum absolute atomic E-state index is 13.3. The number of nitrogens with zero attached hydrogens (tertiary/aromatic N) is 4. The van der Waals surface area contributed by atoms with Crippen LogP contribution in [0, 0.1) is 0 Å². The van der Waals surface area contributed by atoms with Gasteiger partial charge in [-0.05, 0) is 99.9 Å². The van der Waals surface area contributed by atoms with E-state index in [0.29, 0.717) is 109 Å². The Morgan fingerprint density at radius 2 is 0.955 bits per heavy atom. The van der Waals surface area contributed by atoms with Crippen LogP contribution in [0.1, 0.15) is 97.6 Å². The van der Waals surface area contributed by atoms with E-state index in [1.807, 2.05) is 50.2 Å². The summed E-state index contributed by atoms with van der Waals surface area (Å²) in [7, 11) is 9.44. The summed E-state index contributed by atoms with van der Waals surface area (Å²) in [5, 5.41) is 0. The van der Waals surface area contributed by atoms with Gasteiger partial charge in [-0.25, -0.2) is 9.59 Å². The molecule has 0 unspecified atom stereocenters. The molecule has 2 aromatic carbocycles. The monoisotopic (exact) mass is 904 g/mol. The van der Waals surface area contributed by atoms with Crippen LogP contribution in [0.3, 0.4) is 0 Å². The SMILES string of the molecule is CCOc1cc2c(cc1OC)C(c1ccc(OC)nc1OC)=N[C@@H]1CC[C@@H](OC(=O)/C=C/C(=O)O[C@@H]3CC[C@H]4N=C(c5ccc(OC)nc5OC)c5cc(OC)c(OCC)cc5[C@H]4C3)C[C@H]21. The summed E-state index contributed by atoms with van der Waals surface area (Å²) in [5.74, 6) is 2.54. The summed E-state index contributed by atoms with van der Waals surface area (Å²) >= 11 is 0. The first kappa shape index (κ1) is 45.7. The predicted molar refractivity (Wildman–Crippen MR) is 244 cm³/mol. The fraction of sp³-hybridized carbons (Fsp3) is 0.440. The Hall–Kier alpha value is -6.84. The highest BCUT2D eigenvalue weighted by atomic mass is 16.6. The number of rotatable bonds is 16. The lowest BCUT2D eigenvalue weighted by Crippen LogP contribution is -2.36. The van der Waals surface area contributed by atoms with Crippen LogP contribution < -0.4 is 37.9 Å². The van der Waals surface area contributed by atoms with Gasteiger partial charge in [0.15, 0.2) is 23.0 Å². The summed E-state index contributed by atoms with van der Waals surface area (Å²) in [6.45, 7) is 4.74. The number of benzene rings is 2. The maximum Gasteiger partial charge on any atom is 0.331 e. The normalized spacial score (nSPS) is 21.6. The summed E-state index contributed by atoms with van der Waals surface area (Å²) in [5.41, 5.74) is 6.56. The molecule has 0 amide bonds. The Bertz CT molecular complexity index is 2380. The molecule has 0 spiro atoms. The molecule has 2 aliphatic carbocycles. The number of ether oxygens (including phenoxy) is 10. The van der Waals surface area contributed by atoms with Crippen LogP contribution in [0.25, 0.3) is 0 Å². The van der Waals surface area contributed by atoms with Gasteiger partial charge in [0.2, 0.25) is 23.5 Å². The second-order valence-corrected chi connectivity index (χ2v) is 16.2. The van der Waals surface area contributed by atoms with Crippen molar-refractivity contribution in [2.45, 2.75) is 88.5 Å². The Balaban J connectivity index is 0.961. The number of esters is 2. The van der Waals surface area contributed by atoms with Gasteiger partial charge in [-0.1, -0.05) is 0 Å². The largest absolute Gasteiger partial charge is 0.493 e. The van der Waals surface area contributed by atoms with Crippen molar-refractivity contribution in [2.24, 2.45) is 9.98 Å². The molecule has 2 saturated carbocycles. The first-order valence-corrected chi connectivity index (χ1v) is 22.3. The third kappa shape index (κ3) is 9.18. The standard InChI is InChI=1S/C50H56N4O12/c1-9-63-41-23-31-33-21-27(11-15-37(33)51-47(35(31)25-39(41)57-3)29-13-17-43(59-5)53-49(29)61-7)65-45(55)19-20-46(56)66-28-12-16-38-34(22-28)32-24-42(64-10-2)40(58-4)26-36(32)48(52-38)30-14-18-44(60-6)54-50(30)62-8/h13-14,17-20,23-28,33-34,37-38H,9-12,15-16,21-22H2,1-8H3/b20-19+/t27-,28-,33-,34-,37-,38-/m1/s1. The molecule has 0 N–H and O–H groups in total. The van der Waals surface area contributed by atoms with Gasteiger partial charge in [-0.15, -0.1) is 0 Å². The lowest BCUT2D eigenvalue weighted by Gasteiger charge is -2.38. The Morgan fingerprint density at radius 3 is 1.32 bits per heavy atom. The molecule has 66 heavy (non-hydrogen) atoms. The van der Waals surface area contributed by atoms with Gasteiger partial charge in [0.25, 0.3) is 0 Å². The van der Waals surface area contributed by atoms with Gasteiger partial charge in [0, 0.05) is 47.2 Å². The molecule has 6 atom stereocenters. The Kier molecular flexibility index (Phi) is 13.9. The lowest BCUT2D eigenvalue weighted by molar-refractivity contribution is -0.147. The van der Waals surface area contributed by atoms with Gasteiger partial charge in [-0.3, -0.25) is 9.98 Å². The molecule has 16 nitrogen and oxygen atoms in total. The smallest absolute Gasteiger partial charge is 0.331 e. The molecule has 348 valence electrons. The van der Waals surface area contributed by atoms with Crippen molar-refractivity contribution < 1.29 is 57.0 Å². The fourth-order valence-corrected chi connectivity index (χ4v) is 9.64. The van der Waals surface area contributed by atoms with E-state index in [9.17, 15) is 9.59 Å². The van der Waals surface area contributed by atoms with Crippen molar-refractivity contribution in [1.82, 2.24) is 9.97 Å². The number of fused-ring (bicyclic) bond motifs is 6. The molecule has 0 saturated heterocycles. The number of hydrogen-bond acceptors (Lipinski definition) is 16. The first-order chi connectivity index (χ1) is 32.1. The number of hydrogen-bond donors (Lipinski definition) is 0. The van der Waals surface area contributed by atoms with E-state index in [1.54, 1.807) is 54.8 Å². The number of carbonyl (C=O) groups excluding carboxylic acids is 2. The van der Waals surface area contributed by atoms with Gasteiger partial charge >= 0.3 is 11.9 Å². The van der Waals surface area contributed by atoms with E-state index in [4.69, 9.17) is 57.4 Å².